The molecule has 8 nitrogen and oxygen atoms in total. The minimum atomic E-state index is -0.630. The summed E-state index contributed by atoms with van der Waals surface area (Å²) < 4.78 is 16.7. The second-order valence-corrected chi connectivity index (χ2v) is 11.1. The van der Waals surface area contributed by atoms with Crippen LogP contribution in [-0.2, 0) is 4.79 Å². The number of hydrogen-bond acceptors (Lipinski definition) is 6. The molecule has 1 saturated carbocycles. The van der Waals surface area contributed by atoms with Crippen LogP contribution in [0, 0.1) is 5.82 Å². The van der Waals surface area contributed by atoms with Crippen LogP contribution in [0.15, 0.2) is 59.5 Å². The molecule has 3 N–H and O–H groups in total. The van der Waals surface area contributed by atoms with Gasteiger partial charge in [-0.1, -0.05) is 17.7 Å². The van der Waals surface area contributed by atoms with Gasteiger partial charge in [-0.15, -0.1) is 11.3 Å². The van der Waals surface area contributed by atoms with Crippen molar-refractivity contribution >= 4 is 40.4 Å². The number of nitrogens with zero attached hydrogens (tertiary/aromatic N) is 2. The lowest BCUT2D eigenvalue weighted by Crippen LogP contribution is -2.43. The number of pyridine rings is 1. The second-order valence-electron chi connectivity index (χ2n) is 9.40. The fourth-order valence-corrected chi connectivity index (χ4v) is 5.49. The Labute approximate surface area is 222 Å². The first kappa shape index (κ1) is 25.6. The summed E-state index contributed by atoms with van der Waals surface area (Å²) >= 11 is 7.19. The normalized spacial score (nSPS) is 19.6. The number of likely N-dealkylation sites (tertiary alicyclic amines) is 1. The van der Waals surface area contributed by atoms with Crippen molar-refractivity contribution < 1.29 is 14.0 Å². The van der Waals surface area contributed by atoms with Crippen LogP contribution in [0.2, 0.25) is 4.34 Å². The van der Waals surface area contributed by atoms with Crippen molar-refractivity contribution in [1.29, 1.82) is 0 Å². The van der Waals surface area contributed by atoms with E-state index in [0.717, 1.165) is 12.8 Å². The molecule has 2 fully saturated rings. The topological polar surface area (TPSA) is 95.5 Å². The SMILES string of the molecule is O=C(CN1C[C@H](NC(=O)c2ccc(Cl)s2)C[C@H]1CNC1CC1)Nc1ccc(-n2ccccc2=O)cc1F. The summed E-state index contributed by atoms with van der Waals surface area (Å²) in [6, 6.07) is 12.8. The van der Waals surface area contributed by atoms with Crippen molar-refractivity contribution in [3.05, 3.63) is 80.1 Å². The van der Waals surface area contributed by atoms with E-state index < -0.39 is 5.82 Å². The molecule has 3 aromatic rings. The summed E-state index contributed by atoms with van der Waals surface area (Å²) in [6.45, 7) is 1.28. The standard InChI is InChI=1S/C26H27ClFN5O3S/c27-23-9-8-22(37-23)26(36)30-17-11-19(13-29-16-4-5-16)32(14-17)15-24(34)31-21-7-6-18(12-20(21)28)33-10-2-1-3-25(33)35/h1-3,6-10,12,16-17,19,29H,4-5,11,13-15H2,(H,30,36)(H,31,34)/t17-,19+/m1/s1. The maximum atomic E-state index is 14.8. The number of hydrogen-bond donors (Lipinski definition) is 3. The van der Waals surface area contributed by atoms with Crippen LogP contribution in [0.25, 0.3) is 5.69 Å². The average Bonchev–Trinajstić information content (AvgIpc) is 3.48. The molecule has 1 aliphatic heterocycles. The number of nitrogens with one attached hydrogen (secondary N) is 3. The van der Waals surface area contributed by atoms with Crippen molar-refractivity contribution in [1.82, 2.24) is 20.1 Å². The van der Waals surface area contributed by atoms with Gasteiger partial charge >= 0.3 is 0 Å². The molecule has 2 atom stereocenters. The molecular weight excluding hydrogens is 517 g/mol. The third-order valence-electron chi connectivity index (χ3n) is 6.55. The smallest absolute Gasteiger partial charge is 0.261 e. The van der Waals surface area contributed by atoms with Crippen molar-refractivity contribution in [2.24, 2.45) is 0 Å². The highest BCUT2D eigenvalue weighted by atomic mass is 35.5. The molecule has 1 aromatic carbocycles. The molecule has 37 heavy (non-hydrogen) atoms. The van der Waals surface area contributed by atoms with Gasteiger partial charge in [-0.3, -0.25) is 23.9 Å². The molecule has 0 spiro atoms. The average molecular weight is 544 g/mol. The van der Waals surface area contributed by atoms with Crippen molar-refractivity contribution in [2.45, 2.75) is 37.4 Å². The number of amides is 2. The molecule has 0 unspecified atom stereocenters. The predicted molar refractivity (Wildman–Crippen MR) is 142 cm³/mol. The number of aromatic nitrogens is 1. The Bertz CT molecular complexity index is 1360. The Morgan fingerprint density at radius 3 is 2.65 bits per heavy atom. The number of rotatable bonds is 9. The monoisotopic (exact) mass is 543 g/mol. The van der Waals surface area contributed by atoms with Gasteiger partial charge in [-0.2, -0.15) is 0 Å². The van der Waals surface area contributed by atoms with Gasteiger partial charge in [0, 0.05) is 49.5 Å². The highest BCUT2D eigenvalue weighted by molar-refractivity contribution is 7.18. The van der Waals surface area contributed by atoms with Gasteiger partial charge in [0.05, 0.1) is 27.1 Å². The first-order valence-corrected chi connectivity index (χ1v) is 13.4. The number of halogens is 2. The fraction of sp³-hybridized carbons (Fsp3) is 0.346. The number of carbonyl (C=O) groups is 2. The van der Waals surface area contributed by atoms with E-state index in [4.69, 9.17) is 11.6 Å². The molecule has 1 saturated heterocycles. The molecule has 1 aliphatic carbocycles. The van der Waals surface area contributed by atoms with Crippen molar-refractivity contribution in [2.75, 3.05) is 25.0 Å². The zero-order chi connectivity index (χ0) is 25.9. The second kappa shape index (κ2) is 11.1. The Balaban J connectivity index is 1.22. The molecule has 3 heterocycles. The Kier molecular flexibility index (Phi) is 7.71. The van der Waals surface area contributed by atoms with Gasteiger partial charge in [0.25, 0.3) is 11.5 Å². The Morgan fingerprint density at radius 2 is 1.95 bits per heavy atom. The lowest BCUT2D eigenvalue weighted by atomic mass is 10.1. The van der Waals surface area contributed by atoms with Gasteiger partial charge in [-0.25, -0.2) is 4.39 Å². The molecular formula is C26H27ClFN5O3S. The molecule has 5 rings (SSSR count). The van der Waals surface area contributed by atoms with Crippen LogP contribution < -0.4 is 21.5 Å². The van der Waals surface area contributed by atoms with Gasteiger partial charge in [0.2, 0.25) is 5.91 Å². The number of benzene rings is 1. The zero-order valence-corrected chi connectivity index (χ0v) is 21.5. The van der Waals surface area contributed by atoms with Crippen LogP contribution in [0.5, 0.6) is 0 Å². The number of thiophene rings is 1. The minimum Gasteiger partial charge on any atom is -0.347 e. The first-order chi connectivity index (χ1) is 17.9. The van der Waals surface area contributed by atoms with Crippen LogP contribution in [0.3, 0.4) is 0 Å². The quantitative estimate of drug-likeness (QED) is 0.385. The van der Waals surface area contributed by atoms with E-state index in [9.17, 15) is 18.8 Å². The maximum Gasteiger partial charge on any atom is 0.261 e. The summed E-state index contributed by atoms with van der Waals surface area (Å²) in [6.07, 6.45) is 4.56. The van der Waals surface area contributed by atoms with E-state index in [1.165, 1.54) is 34.1 Å². The largest absolute Gasteiger partial charge is 0.347 e. The summed E-state index contributed by atoms with van der Waals surface area (Å²) in [4.78, 5) is 40.1. The van der Waals surface area contributed by atoms with E-state index in [0.29, 0.717) is 40.5 Å². The van der Waals surface area contributed by atoms with Crippen LogP contribution in [0.1, 0.15) is 28.9 Å². The van der Waals surface area contributed by atoms with E-state index >= 15 is 0 Å². The first-order valence-electron chi connectivity index (χ1n) is 12.2. The summed E-state index contributed by atoms with van der Waals surface area (Å²) in [5, 5.41) is 9.21. The third kappa shape index (κ3) is 6.45. The molecule has 2 amide bonds. The van der Waals surface area contributed by atoms with E-state index in [-0.39, 0.29) is 41.7 Å². The maximum absolute atomic E-state index is 14.8. The number of carbonyl (C=O) groups excluding carboxylic acids is 2. The fourth-order valence-electron chi connectivity index (χ4n) is 4.55. The Morgan fingerprint density at radius 1 is 1.11 bits per heavy atom. The van der Waals surface area contributed by atoms with Gasteiger partial charge in [-0.05, 0) is 49.6 Å². The molecule has 11 heteroatoms. The lowest BCUT2D eigenvalue weighted by molar-refractivity contribution is -0.117. The van der Waals surface area contributed by atoms with Crippen LogP contribution in [-0.4, -0.2) is 59.0 Å². The Hall–Kier alpha value is -3.05. The molecule has 0 bridgehead atoms. The predicted octanol–water partition coefficient (Wildman–Crippen LogP) is 3.25. The van der Waals surface area contributed by atoms with Gasteiger partial charge in [0.15, 0.2) is 0 Å². The molecule has 2 aromatic heterocycles. The minimum absolute atomic E-state index is 0.0454. The van der Waals surface area contributed by atoms with Crippen molar-refractivity contribution in [3.8, 4) is 5.69 Å². The summed E-state index contributed by atoms with van der Waals surface area (Å²) in [7, 11) is 0. The van der Waals surface area contributed by atoms with Gasteiger partial charge < -0.3 is 16.0 Å². The van der Waals surface area contributed by atoms with E-state index in [2.05, 4.69) is 16.0 Å². The van der Waals surface area contributed by atoms with Gasteiger partial charge in [0.1, 0.15) is 5.82 Å². The van der Waals surface area contributed by atoms with E-state index in [1.54, 1.807) is 36.5 Å². The van der Waals surface area contributed by atoms with Crippen molar-refractivity contribution in [3.63, 3.8) is 0 Å². The zero-order valence-electron chi connectivity index (χ0n) is 20.0. The highest BCUT2D eigenvalue weighted by Crippen LogP contribution is 2.25. The third-order valence-corrected chi connectivity index (χ3v) is 7.78. The molecule has 2 aliphatic rings. The lowest BCUT2D eigenvalue weighted by Gasteiger charge is -2.24. The molecule has 0 radical (unpaired) electrons. The number of anilines is 1. The summed E-state index contributed by atoms with van der Waals surface area (Å²) in [5.74, 6) is -1.16. The highest BCUT2D eigenvalue weighted by Gasteiger charge is 2.35. The molecule has 194 valence electrons. The summed E-state index contributed by atoms with van der Waals surface area (Å²) in [5.41, 5.74) is 0.142. The van der Waals surface area contributed by atoms with E-state index in [1.807, 2.05) is 4.90 Å². The van der Waals surface area contributed by atoms with Crippen LogP contribution >= 0.6 is 22.9 Å². The van der Waals surface area contributed by atoms with Crippen LogP contribution in [0.4, 0.5) is 10.1 Å².